The zero-order valence-corrected chi connectivity index (χ0v) is 18.0. The summed E-state index contributed by atoms with van der Waals surface area (Å²) >= 11 is 10.7. The third kappa shape index (κ3) is 4.18. The molecule has 0 saturated carbocycles. The number of hydrogen-bond donors (Lipinski definition) is 3. The van der Waals surface area contributed by atoms with E-state index in [1.165, 1.54) is 18.2 Å². The molecule has 15 heteroatoms. The van der Waals surface area contributed by atoms with Crippen molar-refractivity contribution in [2.45, 2.75) is 30.9 Å². The number of aliphatic hydroxyl groups excluding tert-OH is 2. The molecule has 1 saturated heterocycles. The number of phosphoric ester groups is 1. The topological polar surface area (TPSA) is 149 Å². The van der Waals surface area contributed by atoms with Crippen molar-refractivity contribution in [3.8, 4) is 5.75 Å². The van der Waals surface area contributed by atoms with Crippen molar-refractivity contribution in [2.75, 3.05) is 6.56 Å². The van der Waals surface area contributed by atoms with E-state index in [9.17, 15) is 24.4 Å². The molecule has 2 aliphatic rings. The molecule has 32 heavy (non-hydrogen) atoms. The first-order chi connectivity index (χ1) is 16.2. The minimum absolute atomic E-state index is 0.0589. The van der Waals surface area contributed by atoms with Gasteiger partial charge in [0.25, 0.3) is 11.4 Å². The van der Waals surface area contributed by atoms with Crippen LogP contribution in [0.2, 0.25) is 5.02 Å². The molecule has 2 aliphatic heterocycles. The maximum atomic E-state index is 15.9. The number of nitrogens with zero attached hydrogens (tertiary/aromatic N) is 1. The fourth-order valence-corrected chi connectivity index (χ4v) is 4.35. The molecule has 1 unspecified atom stereocenters. The van der Waals surface area contributed by atoms with Crippen LogP contribution in [0.15, 0.2) is 29.2 Å². The lowest BCUT2D eigenvalue weighted by atomic mass is 10.1. The number of aromatic nitrogens is 2. The third-order valence-corrected chi connectivity index (χ3v) is 6.14. The van der Waals surface area contributed by atoms with Gasteiger partial charge in [-0.3, -0.25) is 28.2 Å². The molecular formula is C17H15ClFN2O9PS. The zero-order chi connectivity index (χ0) is 26.0. The molecule has 1 aromatic heterocycles. The summed E-state index contributed by atoms with van der Waals surface area (Å²) in [6, 6.07) is 4.08. The van der Waals surface area contributed by atoms with Crippen molar-refractivity contribution >= 4 is 37.9 Å². The number of rotatable bonds is 5. The molecule has 3 heterocycles. The number of alkyl halides is 1. The lowest BCUT2D eigenvalue weighted by Gasteiger charge is -2.28. The molecule has 0 aliphatic carbocycles. The largest absolute Gasteiger partial charge is 0.530 e. The molecule has 0 bridgehead atoms. The van der Waals surface area contributed by atoms with E-state index >= 15 is 4.39 Å². The summed E-state index contributed by atoms with van der Waals surface area (Å²) in [6.45, 7) is -4.29. The van der Waals surface area contributed by atoms with Crippen molar-refractivity contribution in [1.29, 1.82) is 0 Å². The smallest absolute Gasteiger partial charge is 0.404 e. The van der Waals surface area contributed by atoms with Crippen LogP contribution in [-0.4, -0.2) is 50.7 Å². The van der Waals surface area contributed by atoms with Gasteiger partial charge < -0.3 is 19.5 Å². The SMILES string of the molecule is [2H]C([2H])(OP1(=O)OCc2cc(Cl)ccc2O1)[C@@]1(F)O[C@@]([2H])(n2cc(C=O)c(=O)[nH]c2=S)[C@H](O)[C@@H]1O. The number of aromatic amines is 1. The van der Waals surface area contributed by atoms with Gasteiger partial charge in [-0.25, -0.2) is 8.96 Å². The van der Waals surface area contributed by atoms with E-state index in [1.54, 1.807) is 0 Å². The maximum Gasteiger partial charge on any atom is 0.530 e. The minimum atomic E-state index is -4.88. The molecule has 11 nitrogen and oxygen atoms in total. The molecule has 1 fully saturated rings. The number of carbonyl (C=O) groups is 1. The number of halogens is 2. The third-order valence-electron chi connectivity index (χ3n) is 4.43. The first-order valence-electron chi connectivity index (χ1n) is 10.2. The molecule has 0 radical (unpaired) electrons. The van der Waals surface area contributed by atoms with Gasteiger partial charge in [0, 0.05) is 16.8 Å². The van der Waals surface area contributed by atoms with Crippen LogP contribution < -0.4 is 10.1 Å². The Labute approximate surface area is 193 Å². The standard InChI is InChI=1S/C17H15ClFN2O9PS/c18-10-1-2-11-8(3-10)6-27-31(26,30-11)28-7-17(19)13(24)12(23)15(29-17)21-4-9(5-22)14(25)20-16(21)32/h1-5,12-13,15,23-24H,6-7H2,(H,20,25,32)/t12-,13+,15-,17-,31?/m1/s1/i7D2,15D. The van der Waals surface area contributed by atoms with Gasteiger partial charge in [-0.1, -0.05) is 11.6 Å². The van der Waals surface area contributed by atoms with Crippen molar-refractivity contribution in [3.05, 3.63) is 55.7 Å². The molecule has 172 valence electrons. The highest BCUT2D eigenvalue weighted by Gasteiger charge is 2.57. The normalized spacial score (nSPS) is 35.8. The molecule has 0 amide bonds. The quantitative estimate of drug-likeness (QED) is 0.309. The van der Waals surface area contributed by atoms with Crippen LogP contribution in [0.5, 0.6) is 5.75 Å². The van der Waals surface area contributed by atoms with Crippen LogP contribution in [0.3, 0.4) is 0 Å². The average Bonchev–Trinajstić information content (AvgIpc) is 2.95. The summed E-state index contributed by atoms with van der Waals surface area (Å²) in [4.78, 5) is 24.8. The molecule has 4 rings (SSSR count). The van der Waals surface area contributed by atoms with E-state index in [0.717, 1.165) is 0 Å². The van der Waals surface area contributed by atoms with Gasteiger partial charge in [0.15, 0.2) is 17.3 Å². The number of aliphatic hydroxyl groups is 2. The predicted molar refractivity (Wildman–Crippen MR) is 108 cm³/mol. The first-order valence-corrected chi connectivity index (χ1v) is 10.9. The van der Waals surface area contributed by atoms with Gasteiger partial charge in [0.2, 0.25) is 0 Å². The summed E-state index contributed by atoms with van der Waals surface area (Å²) in [5.41, 5.74) is -1.23. The number of fused-ring (bicyclic) bond motifs is 1. The summed E-state index contributed by atoms with van der Waals surface area (Å²) < 4.78 is 72.6. The van der Waals surface area contributed by atoms with Crippen LogP contribution in [0.1, 0.15) is 26.2 Å². The lowest BCUT2D eigenvalue weighted by molar-refractivity contribution is -0.205. The lowest BCUT2D eigenvalue weighted by Crippen LogP contribution is -2.43. The number of benzene rings is 1. The Bertz CT molecular complexity index is 1380. The number of carbonyl (C=O) groups excluding carboxylic acids is 1. The van der Waals surface area contributed by atoms with Crippen LogP contribution >= 0.6 is 31.6 Å². The second kappa shape index (κ2) is 8.43. The Hall–Kier alpha value is -1.96. The number of ether oxygens (including phenoxy) is 1. The second-order valence-electron chi connectivity index (χ2n) is 6.56. The summed E-state index contributed by atoms with van der Waals surface area (Å²) in [6.07, 6.45) is -7.77. The highest BCUT2D eigenvalue weighted by molar-refractivity contribution is 7.71. The van der Waals surface area contributed by atoms with Crippen LogP contribution in [0.4, 0.5) is 4.39 Å². The van der Waals surface area contributed by atoms with Crippen LogP contribution in [0, 0.1) is 4.77 Å². The highest BCUT2D eigenvalue weighted by Crippen LogP contribution is 2.56. The van der Waals surface area contributed by atoms with Gasteiger partial charge in [-0.2, -0.15) is 0 Å². The van der Waals surface area contributed by atoms with Gasteiger partial charge in [0.05, 0.1) is 16.3 Å². The van der Waals surface area contributed by atoms with Crippen molar-refractivity contribution < 1.29 is 46.4 Å². The number of nitrogens with one attached hydrogen (secondary N) is 1. The summed E-state index contributed by atoms with van der Waals surface area (Å²) in [5.74, 6) is -4.12. The number of aldehydes is 1. The fourth-order valence-electron chi connectivity index (χ4n) is 2.83. The van der Waals surface area contributed by atoms with E-state index in [-0.39, 0.29) is 12.0 Å². The maximum absolute atomic E-state index is 15.9. The van der Waals surface area contributed by atoms with Crippen molar-refractivity contribution in [3.63, 3.8) is 0 Å². The predicted octanol–water partition coefficient (Wildman–Crippen LogP) is 2.02. The molecular weight excluding hydrogens is 494 g/mol. The molecule has 2 aromatic rings. The molecule has 0 spiro atoms. The van der Waals surface area contributed by atoms with Crippen LogP contribution in [0.25, 0.3) is 0 Å². The van der Waals surface area contributed by atoms with E-state index in [0.29, 0.717) is 21.4 Å². The Morgan fingerprint density at radius 3 is 3.03 bits per heavy atom. The van der Waals surface area contributed by atoms with E-state index < -0.39 is 61.1 Å². The van der Waals surface area contributed by atoms with Gasteiger partial charge in [0.1, 0.15) is 24.5 Å². The second-order valence-corrected chi connectivity index (χ2v) is 8.90. The molecule has 1 aromatic carbocycles. The van der Waals surface area contributed by atoms with Gasteiger partial charge in [-0.15, -0.1) is 0 Å². The molecule has 3 N–H and O–H groups in total. The summed E-state index contributed by atoms with van der Waals surface area (Å²) in [7, 11) is -4.88. The first kappa shape index (κ1) is 19.5. The Kier molecular flexibility index (Phi) is 5.14. The van der Waals surface area contributed by atoms with E-state index in [4.69, 9.17) is 46.2 Å². The number of hydrogen-bond acceptors (Lipinski definition) is 10. The van der Waals surface area contributed by atoms with Gasteiger partial charge >= 0.3 is 7.82 Å². The Morgan fingerprint density at radius 1 is 1.56 bits per heavy atom. The molecule has 5 atom stereocenters. The Morgan fingerprint density at radius 2 is 2.31 bits per heavy atom. The average molecular weight is 512 g/mol. The fraction of sp³-hybridized carbons (Fsp3) is 0.353. The van der Waals surface area contributed by atoms with Crippen molar-refractivity contribution in [2.24, 2.45) is 0 Å². The van der Waals surface area contributed by atoms with Crippen molar-refractivity contribution in [1.82, 2.24) is 9.55 Å². The van der Waals surface area contributed by atoms with Crippen LogP contribution in [-0.2, 0) is 25.0 Å². The number of phosphoric acid groups is 1. The van der Waals surface area contributed by atoms with Gasteiger partial charge in [-0.05, 0) is 30.4 Å². The zero-order valence-electron chi connectivity index (χ0n) is 18.6. The van der Waals surface area contributed by atoms with E-state index in [2.05, 4.69) is 0 Å². The Balaban J connectivity index is 1.68. The van der Waals surface area contributed by atoms with E-state index in [1.807, 2.05) is 4.98 Å². The monoisotopic (exact) mass is 511 g/mol. The summed E-state index contributed by atoms with van der Waals surface area (Å²) in [5, 5.41) is 21.1. The number of H-pyrrole nitrogens is 1. The highest BCUT2D eigenvalue weighted by atomic mass is 35.5. The minimum Gasteiger partial charge on any atom is -0.404 e.